The van der Waals surface area contributed by atoms with Gasteiger partial charge in [0.15, 0.2) is 6.67 Å². The molecule has 0 radical (unpaired) electrons. The van der Waals surface area contributed by atoms with Gasteiger partial charge in [-0.3, -0.25) is 4.57 Å². The zero-order valence-corrected chi connectivity index (χ0v) is 16.9. The molecule has 1 fully saturated rings. The maximum Gasteiger partial charge on any atom is 0.207 e. The van der Waals surface area contributed by atoms with Crippen molar-refractivity contribution < 1.29 is 9.64 Å². The van der Waals surface area contributed by atoms with Crippen LogP contribution in [0.15, 0.2) is 60.9 Å². The lowest BCUT2D eigenvalue weighted by molar-refractivity contribution is -0.924. The van der Waals surface area contributed by atoms with Crippen LogP contribution in [0.4, 0.5) is 5.69 Å². The summed E-state index contributed by atoms with van der Waals surface area (Å²) in [5, 5.41) is 4.52. The molecule has 0 bridgehead atoms. The second-order valence-corrected chi connectivity index (χ2v) is 7.28. The van der Waals surface area contributed by atoms with Crippen LogP contribution in [0.5, 0.6) is 5.75 Å². The average Bonchev–Trinajstić information content (AvgIpc) is 3.10. The van der Waals surface area contributed by atoms with Gasteiger partial charge in [-0.15, -0.1) is 0 Å². The monoisotopic (exact) mass is 396 g/mol. The van der Waals surface area contributed by atoms with Crippen LogP contribution in [-0.4, -0.2) is 47.1 Å². The number of quaternary nitrogens is 1. The van der Waals surface area contributed by atoms with Gasteiger partial charge in [-0.05, 0) is 43.4 Å². The third-order valence-electron chi connectivity index (χ3n) is 5.12. The Kier molecular flexibility index (Phi) is 5.73. The molecular weight excluding hydrogens is 370 g/mol. The largest absolute Gasteiger partial charge is 0.492 e. The van der Waals surface area contributed by atoms with E-state index in [1.807, 2.05) is 65.0 Å². The maximum absolute atomic E-state index is 5.79. The molecule has 1 N–H and O–H groups in total. The van der Waals surface area contributed by atoms with E-state index in [-0.39, 0.29) is 0 Å². The first-order chi connectivity index (χ1) is 13.8. The Morgan fingerprint density at radius 1 is 1.04 bits per heavy atom. The summed E-state index contributed by atoms with van der Waals surface area (Å²) in [5.41, 5.74) is 2.24. The summed E-state index contributed by atoms with van der Waals surface area (Å²) in [5.74, 6) is 0.970. The van der Waals surface area contributed by atoms with Crippen molar-refractivity contribution in [2.45, 2.75) is 13.6 Å². The van der Waals surface area contributed by atoms with Gasteiger partial charge in [-0.25, -0.2) is 0 Å². The predicted molar refractivity (Wildman–Crippen MR) is 113 cm³/mol. The SMILES string of the molecule is CCOc1ccccc1N1CC[NH+](Cn2ncn(-c3ccccc3)c2=S)CC1. The molecule has 0 unspecified atom stereocenters. The van der Waals surface area contributed by atoms with Gasteiger partial charge < -0.3 is 14.5 Å². The third-order valence-corrected chi connectivity index (χ3v) is 5.52. The molecule has 28 heavy (non-hydrogen) atoms. The van der Waals surface area contributed by atoms with Gasteiger partial charge in [-0.1, -0.05) is 30.3 Å². The molecule has 1 aliphatic heterocycles. The number of rotatable bonds is 6. The molecule has 1 aliphatic rings. The van der Waals surface area contributed by atoms with Gasteiger partial charge in [0.2, 0.25) is 4.77 Å². The number of hydrogen-bond acceptors (Lipinski definition) is 4. The van der Waals surface area contributed by atoms with Crippen molar-refractivity contribution in [1.82, 2.24) is 14.3 Å². The van der Waals surface area contributed by atoms with Crippen molar-refractivity contribution in [1.29, 1.82) is 0 Å². The standard InChI is InChI=1S/C21H25N5OS/c1-2-27-20-11-7-6-10-19(20)24-14-12-23(13-15-24)17-26-21(28)25(16-22-26)18-8-4-3-5-9-18/h3-11,16H,2,12-15,17H2,1H3/p+1. The number of aromatic nitrogens is 3. The third kappa shape index (κ3) is 3.95. The van der Waals surface area contributed by atoms with E-state index < -0.39 is 0 Å². The van der Waals surface area contributed by atoms with E-state index >= 15 is 0 Å². The molecule has 0 amide bonds. The fraction of sp³-hybridized carbons (Fsp3) is 0.333. The molecule has 1 aromatic heterocycles. The zero-order chi connectivity index (χ0) is 19.3. The van der Waals surface area contributed by atoms with E-state index in [0.717, 1.165) is 49.1 Å². The van der Waals surface area contributed by atoms with Crippen molar-refractivity contribution in [3.63, 3.8) is 0 Å². The summed E-state index contributed by atoms with van der Waals surface area (Å²) >= 11 is 5.64. The molecule has 146 valence electrons. The highest BCUT2D eigenvalue weighted by Gasteiger charge is 2.23. The van der Waals surface area contributed by atoms with Gasteiger partial charge in [0.25, 0.3) is 0 Å². The summed E-state index contributed by atoms with van der Waals surface area (Å²) in [6.07, 6.45) is 1.81. The first-order valence-corrected chi connectivity index (χ1v) is 10.2. The minimum atomic E-state index is 0.685. The molecule has 0 aliphatic carbocycles. The van der Waals surface area contributed by atoms with E-state index in [0.29, 0.717) is 6.61 Å². The highest BCUT2D eigenvalue weighted by atomic mass is 32.1. The topological polar surface area (TPSA) is 39.7 Å². The summed E-state index contributed by atoms with van der Waals surface area (Å²) < 4.78 is 10.4. The first-order valence-electron chi connectivity index (χ1n) is 9.76. The lowest BCUT2D eigenvalue weighted by Crippen LogP contribution is -3.14. The lowest BCUT2D eigenvalue weighted by atomic mass is 10.2. The number of nitrogens with one attached hydrogen (secondary N) is 1. The number of benzene rings is 2. The molecule has 1 saturated heterocycles. The van der Waals surface area contributed by atoms with Crippen LogP contribution in [0.3, 0.4) is 0 Å². The number of para-hydroxylation sites is 3. The Hall–Kier alpha value is -2.64. The molecule has 3 aromatic rings. The van der Waals surface area contributed by atoms with Crippen molar-refractivity contribution >= 4 is 17.9 Å². The van der Waals surface area contributed by atoms with Gasteiger partial charge in [-0.2, -0.15) is 9.78 Å². The molecule has 0 atom stereocenters. The molecular formula is C21H26N5OS+. The summed E-state index contributed by atoms with van der Waals surface area (Å²) in [7, 11) is 0. The van der Waals surface area contributed by atoms with E-state index in [2.05, 4.69) is 22.1 Å². The van der Waals surface area contributed by atoms with Crippen LogP contribution < -0.4 is 14.5 Å². The highest BCUT2D eigenvalue weighted by Crippen LogP contribution is 2.27. The maximum atomic E-state index is 5.79. The van der Waals surface area contributed by atoms with Crippen molar-refractivity contribution in [3.8, 4) is 11.4 Å². The number of piperazine rings is 1. The Labute approximate surface area is 170 Å². The Morgan fingerprint density at radius 2 is 1.75 bits per heavy atom. The van der Waals surface area contributed by atoms with E-state index in [9.17, 15) is 0 Å². The van der Waals surface area contributed by atoms with E-state index in [1.165, 1.54) is 10.6 Å². The molecule has 4 rings (SSSR count). The molecule has 0 saturated carbocycles. The quantitative estimate of drug-likeness (QED) is 0.649. The summed E-state index contributed by atoms with van der Waals surface area (Å²) in [6, 6.07) is 18.4. The second kappa shape index (κ2) is 8.58. The van der Waals surface area contributed by atoms with Crippen LogP contribution >= 0.6 is 12.2 Å². The fourth-order valence-electron chi connectivity index (χ4n) is 3.64. The number of ether oxygens (including phenoxy) is 1. The predicted octanol–water partition coefficient (Wildman–Crippen LogP) is 2.16. The van der Waals surface area contributed by atoms with Gasteiger partial charge >= 0.3 is 0 Å². The number of hydrogen-bond donors (Lipinski definition) is 1. The number of nitrogens with zero attached hydrogens (tertiary/aromatic N) is 4. The minimum Gasteiger partial charge on any atom is -0.492 e. The van der Waals surface area contributed by atoms with Crippen molar-refractivity contribution in [3.05, 3.63) is 65.7 Å². The Morgan fingerprint density at radius 3 is 2.50 bits per heavy atom. The molecule has 2 heterocycles. The summed E-state index contributed by atoms with van der Waals surface area (Å²) in [6.45, 7) is 7.57. The lowest BCUT2D eigenvalue weighted by Gasteiger charge is -2.34. The Balaban J connectivity index is 1.41. The second-order valence-electron chi connectivity index (χ2n) is 6.91. The first kappa shape index (κ1) is 18.7. The zero-order valence-electron chi connectivity index (χ0n) is 16.1. The Bertz CT molecular complexity index is 960. The molecule has 7 heteroatoms. The van der Waals surface area contributed by atoms with Crippen molar-refractivity contribution in [2.75, 3.05) is 37.7 Å². The van der Waals surface area contributed by atoms with Crippen LogP contribution in [0, 0.1) is 4.77 Å². The van der Waals surface area contributed by atoms with E-state index in [4.69, 9.17) is 17.0 Å². The van der Waals surface area contributed by atoms with Crippen molar-refractivity contribution in [2.24, 2.45) is 0 Å². The van der Waals surface area contributed by atoms with Gasteiger partial charge in [0.05, 0.1) is 38.5 Å². The summed E-state index contributed by atoms with van der Waals surface area (Å²) in [4.78, 5) is 3.90. The smallest absolute Gasteiger partial charge is 0.207 e. The van der Waals surface area contributed by atoms with E-state index in [1.54, 1.807) is 0 Å². The highest BCUT2D eigenvalue weighted by molar-refractivity contribution is 7.71. The van der Waals surface area contributed by atoms with Crippen LogP contribution in [0.25, 0.3) is 5.69 Å². The van der Waals surface area contributed by atoms with Crippen LogP contribution in [0.1, 0.15) is 6.92 Å². The molecule has 0 spiro atoms. The molecule has 2 aromatic carbocycles. The number of anilines is 1. The average molecular weight is 397 g/mol. The normalized spacial score (nSPS) is 15.0. The van der Waals surface area contributed by atoms with Gasteiger partial charge in [0, 0.05) is 5.69 Å². The van der Waals surface area contributed by atoms with Crippen LogP contribution in [-0.2, 0) is 6.67 Å². The fourth-order valence-corrected chi connectivity index (χ4v) is 3.91. The molecule has 6 nitrogen and oxygen atoms in total. The minimum absolute atomic E-state index is 0.685. The van der Waals surface area contributed by atoms with Gasteiger partial charge in [0.1, 0.15) is 12.1 Å². The van der Waals surface area contributed by atoms with Crippen LogP contribution in [0.2, 0.25) is 0 Å².